The average Bonchev–Trinajstić information content (AvgIpc) is 3.16. The van der Waals surface area contributed by atoms with Crippen LogP contribution in [-0.4, -0.2) is 64.0 Å². The molecule has 3 aromatic heterocycles. The fourth-order valence-electron chi connectivity index (χ4n) is 4.26. The molecule has 0 bridgehead atoms. The number of carboxylic acid groups (broad SMARTS) is 1. The molecule has 0 aromatic carbocycles. The van der Waals surface area contributed by atoms with Crippen LogP contribution >= 0.6 is 0 Å². The van der Waals surface area contributed by atoms with E-state index in [2.05, 4.69) is 9.97 Å². The molecule has 4 rings (SSSR count). The Morgan fingerprint density at radius 1 is 1.18 bits per heavy atom. The summed E-state index contributed by atoms with van der Waals surface area (Å²) in [5.41, 5.74) is 0.416. The Labute approximate surface area is 192 Å². The fraction of sp³-hybridized carbons (Fsp3) is 0.435. The van der Waals surface area contributed by atoms with Gasteiger partial charge in [0.25, 0.3) is 0 Å². The van der Waals surface area contributed by atoms with Gasteiger partial charge in [0, 0.05) is 49.5 Å². The van der Waals surface area contributed by atoms with Crippen molar-refractivity contribution in [3.05, 3.63) is 42.9 Å². The molecule has 2 atom stereocenters. The van der Waals surface area contributed by atoms with Gasteiger partial charge in [-0.2, -0.15) is 0 Å². The van der Waals surface area contributed by atoms with Crippen LogP contribution < -0.4 is 4.74 Å². The van der Waals surface area contributed by atoms with E-state index in [-0.39, 0.29) is 22.5 Å². The normalized spacial score (nSPS) is 19.6. The van der Waals surface area contributed by atoms with Crippen molar-refractivity contribution in [2.45, 2.75) is 50.7 Å². The second-order valence-electron chi connectivity index (χ2n) is 9.52. The van der Waals surface area contributed by atoms with E-state index in [4.69, 9.17) is 4.74 Å². The zero-order valence-corrected chi connectivity index (χ0v) is 19.9. The maximum atomic E-state index is 11.8. The van der Waals surface area contributed by atoms with Crippen LogP contribution in [0, 0.1) is 5.41 Å². The molecule has 3 aromatic rings. The van der Waals surface area contributed by atoms with E-state index < -0.39 is 15.9 Å². The molecular weight excluding hydrogens is 444 g/mol. The molecule has 0 aliphatic carbocycles. The summed E-state index contributed by atoms with van der Waals surface area (Å²) in [6.45, 7) is 6.56. The average molecular weight is 473 g/mol. The Balaban J connectivity index is 1.51. The minimum atomic E-state index is -3.33. The molecule has 0 spiro atoms. The molecule has 0 radical (unpaired) electrons. The molecule has 10 heteroatoms. The number of rotatable bonds is 4. The summed E-state index contributed by atoms with van der Waals surface area (Å²) in [4.78, 5) is 22.1. The summed E-state index contributed by atoms with van der Waals surface area (Å²) in [6.07, 6.45) is 6.19. The van der Waals surface area contributed by atoms with E-state index in [1.807, 2.05) is 32.9 Å². The molecule has 1 N–H and O–H groups in total. The van der Waals surface area contributed by atoms with E-state index in [0.29, 0.717) is 42.0 Å². The van der Waals surface area contributed by atoms with Gasteiger partial charge in [-0.3, -0.25) is 4.57 Å². The van der Waals surface area contributed by atoms with Gasteiger partial charge in [-0.05, 0) is 29.7 Å². The Morgan fingerprint density at radius 3 is 2.55 bits per heavy atom. The lowest BCUT2D eigenvalue weighted by molar-refractivity contribution is 0.0129. The van der Waals surface area contributed by atoms with Crippen molar-refractivity contribution in [1.29, 1.82) is 0 Å². The third-order valence-corrected chi connectivity index (χ3v) is 7.08. The molecule has 2 unspecified atom stereocenters. The SMILES string of the molecule is CC(C)(C)C1CC(Oc2ccc(-n3ccc4cc(S(C)(=O)=O)cnc43)nc2)CCN1C(=O)O. The monoisotopic (exact) mass is 472 g/mol. The summed E-state index contributed by atoms with van der Waals surface area (Å²) in [5.74, 6) is 1.24. The highest BCUT2D eigenvalue weighted by Crippen LogP contribution is 2.33. The molecule has 1 fully saturated rings. The number of hydrogen-bond acceptors (Lipinski definition) is 6. The van der Waals surface area contributed by atoms with Crippen LogP contribution in [0.2, 0.25) is 0 Å². The number of aromatic nitrogens is 3. The minimum Gasteiger partial charge on any atom is -0.489 e. The first kappa shape index (κ1) is 23.0. The predicted octanol–water partition coefficient (Wildman–Crippen LogP) is 3.76. The van der Waals surface area contributed by atoms with Crippen molar-refractivity contribution in [1.82, 2.24) is 19.4 Å². The van der Waals surface area contributed by atoms with Crippen molar-refractivity contribution >= 4 is 27.0 Å². The Hall–Kier alpha value is -3.14. The first-order valence-electron chi connectivity index (χ1n) is 10.7. The van der Waals surface area contributed by atoms with Crippen LogP contribution in [-0.2, 0) is 9.84 Å². The van der Waals surface area contributed by atoms with E-state index in [1.54, 1.807) is 29.1 Å². The topological polar surface area (TPSA) is 115 Å². The number of carbonyl (C=O) groups is 1. The second-order valence-corrected chi connectivity index (χ2v) is 11.5. The number of amides is 1. The molecule has 1 aliphatic heterocycles. The standard InChI is InChI=1S/C23H28N4O5S/c1-23(2,3)19-12-16(8-10-26(19)22(28)29)32-17-5-6-20(24-13-17)27-9-7-15-11-18(33(4,30)31)14-25-21(15)27/h5-7,9,11,13-14,16,19H,8,10,12H2,1-4H3,(H,28,29). The molecule has 4 heterocycles. The Bertz CT molecular complexity index is 1280. The molecule has 33 heavy (non-hydrogen) atoms. The molecule has 0 saturated carbocycles. The van der Waals surface area contributed by atoms with E-state index in [1.165, 1.54) is 11.1 Å². The number of nitrogens with zero attached hydrogens (tertiary/aromatic N) is 4. The highest BCUT2D eigenvalue weighted by atomic mass is 32.2. The highest BCUT2D eigenvalue weighted by Gasteiger charge is 2.39. The van der Waals surface area contributed by atoms with Gasteiger partial charge < -0.3 is 14.7 Å². The first-order chi connectivity index (χ1) is 15.4. The van der Waals surface area contributed by atoms with Gasteiger partial charge >= 0.3 is 6.09 Å². The number of pyridine rings is 2. The molecule has 176 valence electrons. The summed E-state index contributed by atoms with van der Waals surface area (Å²) in [5, 5.41) is 10.2. The number of piperidine rings is 1. The van der Waals surface area contributed by atoms with Crippen LogP contribution in [0.5, 0.6) is 5.75 Å². The van der Waals surface area contributed by atoms with Crippen LogP contribution in [0.4, 0.5) is 4.79 Å². The van der Waals surface area contributed by atoms with Gasteiger partial charge in [-0.1, -0.05) is 20.8 Å². The Morgan fingerprint density at radius 2 is 1.94 bits per heavy atom. The zero-order valence-electron chi connectivity index (χ0n) is 19.1. The summed E-state index contributed by atoms with van der Waals surface area (Å²) in [6, 6.07) is 6.91. The predicted molar refractivity (Wildman–Crippen MR) is 124 cm³/mol. The van der Waals surface area contributed by atoms with Gasteiger partial charge in [0.15, 0.2) is 9.84 Å². The maximum absolute atomic E-state index is 11.8. The largest absolute Gasteiger partial charge is 0.489 e. The quantitative estimate of drug-likeness (QED) is 0.615. The minimum absolute atomic E-state index is 0.0963. The second kappa shape index (κ2) is 8.33. The van der Waals surface area contributed by atoms with Crippen LogP contribution in [0.1, 0.15) is 33.6 Å². The lowest BCUT2D eigenvalue weighted by Crippen LogP contribution is -2.53. The third-order valence-electron chi connectivity index (χ3n) is 6.00. The van der Waals surface area contributed by atoms with Gasteiger partial charge in [0.2, 0.25) is 0 Å². The summed E-state index contributed by atoms with van der Waals surface area (Å²) >= 11 is 0. The van der Waals surface area contributed by atoms with Crippen molar-refractivity contribution in [3.8, 4) is 11.6 Å². The molecule has 1 amide bonds. The van der Waals surface area contributed by atoms with Crippen LogP contribution in [0.3, 0.4) is 0 Å². The van der Waals surface area contributed by atoms with Crippen LogP contribution in [0.15, 0.2) is 47.8 Å². The molecule has 1 aliphatic rings. The lowest BCUT2D eigenvalue weighted by Gasteiger charge is -2.44. The number of likely N-dealkylation sites (tertiary alicyclic amines) is 1. The van der Waals surface area contributed by atoms with E-state index >= 15 is 0 Å². The Kier molecular flexibility index (Phi) is 5.81. The maximum Gasteiger partial charge on any atom is 0.407 e. The van der Waals surface area contributed by atoms with Crippen molar-refractivity contribution in [2.75, 3.05) is 12.8 Å². The van der Waals surface area contributed by atoms with Crippen LogP contribution in [0.25, 0.3) is 16.9 Å². The molecular formula is C23H28N4O5S. The van der Waals surface area contributed by atoms with E-state index in [9.17, 15) is 18.3 Å². The van der Waals surface area contributed by atoms with E-state index in [0.717, 1.165) is 6.26 Å². The van der Waals surface area contributed by atoms with Gasteiger partial charge in [-0.15, -0.1) is 0 Å². The van der Waals surface area contributed by atoms with Crippen molar-refractivity contribution < 1.29 is 23.1 Å². The van der Waals surface area contributed by atoms with Gasteiger partial charge in [0.05, 0.1) is 11.1 Å². The molecule has 1 saturated heterocycles. The number of hydrogen-bond donors (Lipinski definition) is 1. The third kappa shape index (κ3) is 4.80. The number of fused-ring (bicyclic) bond motifs is 1. The number of ether oxygens (including phenoxy) is 1. The van der Waals surface area contributed by atoms with Gasteiger partial charge in [-0.25, -0.2) is 23.2 Å². The summed E-state index contributed by atoms with van der Waals surface area (Å²) in [7, 11) is -3.33. The van der Waals surface area contributed by atoms with Crippen molar-refractivity contribution in [3.63, 3.8) is 0 Å². The number of sulfone groups is 1. The lowest BCUT2D eigenvalue weighted by atomic mass is 9.80. The fourth-order valence-corrected chi connectivity index (χ4v) is 4.84. The summed E-state index contributed by atoms with van der Waals surface area (Å²) < 4.78 is 31.5. The molecule has 9 nitrogen and oxygen atoms in total. The van der Waals surface area contributed by atoms with Gasteiger partial charge in [0.1, 0.15) is 23.3 Å². The highest BCUT2D eigenvalue weighted by molar-refractivity contribution is 7.90. The van der Waals surface area contributed by atoms with Crippen molar-refractivity contribution in [2.24, 2.45) is 5.41 Å². The first-order valence-corrected chi connectivity index (χ1v) is 12.6. The zero-order chi connectivity index (χ0) is 24.0. The smallest absolute Gasteiger partial charge is 0.407 e.